The van der Waals surface area contributed by atoms with E-state index in [9.17, 15) is 35.2 Å². The van der Waals surface area contributed by atoms with Crippen molar-refractivity contribution in [1.29, 1.82) is 0 Å². The van der Waals surface area contributed by atoms with E-state index in [0.29, 0.717) is 11.8 Å². The van der Waals surface area contributed by atoms with Crippen molar-refractivity contribution in [1.82, 2.24) is 14.6 Å². The van der Waals surface area contributed by atoms with Crippen molar-refractivity contribution >= 4 is 15.9 Å². The van der Waals surface area contributed by atoms with Gasteiger partial charge in [0, 0.05) is 12.7 Å². The monoisotopic (exact) mass is 491 g/mol. The Morgan fingerprint density at radius 2 is 1.87 bits per heavy atom. The van der Waals surface area contributed by atoms with Gasteiger partial charge in [0.25, 0.3) is 17.1 Å². The van der Waals surface area contributed by atoms with Gasteiger partial charge in [0.1, 0.15) is 6.10 Å². The van der Waals surface area contributed by atoms with E-state index >= 15 is 4.39 Å². The Morgan fingerprint density at radius 1 is 1.23 bits per heavy atom. The van der Waals surface area contributed by atoms with Crippen molar-refractivity contribution in [2.24, 2.45) is 0 Å². The molecule has 2 heterocycles. The molecule has 30 heavy (non-hydrogen) atoms. The van der Waals surface area contributed by atoms with Crippen LogP contribution in [0.3, 0.4) is 0 Å². The number of halogens is 2. The van der Waals surface area contributed by atoms with Crippen LogP contribution < -0.4 is 11.2 Å². The normalized spacial score (nSPS) is 31.4. The highest BCUT2D eigenvalue weighted by atomic mass is 79.9. The molecule has 6 N–H and O–H groups in total. The van der Waals surface area contributed by atoms with Crippen molar-refractivity contribution in [2.45, 2.75) is 30.0 Å². The van der Waals surface area contributed by atoms with Gasteiger partial charge in [-0.1, -0.05) is 30.3 Å². The lowest BCUT2D eigenvalue weighted by molar-refractivity contribution is -0.433. The van der Waals surface area contributed by atoms with Crippen LogP contribution in [0.15, 0.2) is 50.6 Å². The number of hydroxylamine groups is 2. The van der Waals surface area contributed by atoms with Crippen molar-refractivity contribution in [2.75, 3.05) is 13.2 Å². The van der Waals surface area contributed by atoms with E-state index in [4.69, 9.17) is 4.74 Å². The largest absolute Gasteiger partial charge is 0.393 e. The van der Waals surface area contributed by atoms with Crippen LogP contribution in [0.4, 0.5) is 4.39 Å². The molecule has 2 aromatic rings. The van der Waals surface area contributed by atoms with Gasteiger partial charge in [0.05, 0.1) is 11.1 Å². The van der Waals surface area contributed by atoms with Crippen LogP contribution in [-0.2, 0) is 17.1 Å². The lowest BCUT2D eigenvalue weighted by atomic mass is 9.97. The summed E-state index contributed by atoms with van der Waals surface area (Å²) in [5, 5.41) is 52.1. The fraction of sp³-hybridized carbons (Fsp3) is 0.412. The zero-order valence-electron chi connectivity index (χ0n) is 15.3. The highest BCUT2D eigenvalue weighted by Gasteiger charge is 2.79. The van der Waals surface area contributed by atoms with Crippen LogP contribution in [0, 0.1) is 0 Å². The number of aromatic amines is 1. The highest BCUT2D eigenvalue weighted by molar-refractivity contribution is 9.10. The molecule has 3 rings (SSSR count). The number of hydrogen-bond donors (Lipinski definition) is 6. The van der Waals surface area contributed by atoms with E-state index in [1.54, 1.807) is 35.3 Å². The molecule has 13 heteroatoms. The van der Waals surface area contributed by atoms with Crippen LogP contribution in [0.1, 0.15) is 5.56 Å². The average molecular weight is 492 g/mol. The Labute approximate surface area is 176 Å². The number of rotatable bonds is 6. The SMILES string of the molecule is O=c1[nH]c(=O)n([C@]2(O)O[C@H](CO)[C@](O)(F)[C@]2(O)N(O)CCc2ccccc2)cc1Br. The molecule has 1 fully saturated rings. The molecule has 0 unspecified atom stereocenters. The minimum atomic E-state index is -3.95. The predicted octanol–water partition coefficient (Wildman–Crippen LogP) is -1.43. The van der Waals surface area contributed by atoms with Crippen LogP contribution in [0.2, 0.25) is 0 Å². The Kier molecular flexibility index (Phi) is 6.01. The number of aromatic nitrogens is 2. The van der Waals surface area contributed by atoms with Gasteiger partial charge >= 0.3 is 11.6 Å². The third kappa shape index (κ3) is 3.33. The van der Waals surface area contributed by atoms with Crippen molar-refractivity contribution in [3.8, 4) is 0 Å². The summed E-state index contributed by atoms with van der Waals surface area (Å²) in [5.41, 5.74) is -5.29. The molecule has 0 radical (unpaired) electrons. The fourth-order valence-electron chi connectivity index (χ4n) is 3.26. The number of hydrogen-bond acceptors (Lipinski definition) is 9. The first-order chi connectivity index (χ1) is 14.0. The topological polar surface area (TPSA) is 168 Å². The minimum absolute atomic E-state index is 0.0276. The summed E-state index contributed by atoms with van der Waals surface area (Å²) in [6.07, 6.45) is -1.57. The van der Waals surface area contributed by atoms with Gasteiger partial charge in [-0.3, -0.25) is 9.78 Å². The third-order valence-corrected chi connectivity index (χ3v) is 5.46. The maximum absolute atomic E-state index is 15.3. The molecule has 0 amide bonds. The Bertz CT molecular complexity index is 1030. The summed E-state index contributed by atoms with van der Waals surface area (Å²) in [4.78, 5) is 25.6. The van der Waals surface area contributed by atoms with Crippen LogP contribution in [-0.4, -0.2) is 71.1 Å². The third-order valence-electron chi connectivity index (χ3n) is 4.90. The maximum atomic E-state index is 15.3. The smallest absolute Gasteiger partial charge is 0.332 e. The molecule has 1 saturated heterocycles. The second-order valence-corrected chi connectivity index (χ2v) is 7.56. The fourth-order valence-corrected chi connectivity index (χ4v) is 3.56. The first kappa shape index (κ1) is 22.7. The van der Waals surface area contributed by atoms with Gasteiger partial charge in [-0.05, 0) is 27.9 Å². The lowest BCUT2D eigenvalue weighted by Crippen LogP contribution is -2.72. The molecule has 0 saturated carbocycles. The summed E-state index contributed by atoms with van der Waals surface area (Å²) < 4.78 is 20.0. The zero-order chi connectivity index (χ0) is 22.3. The Balaban J connectivity index is 2.10. The summed E-state index contributed by atoms with van der Waals surface area (Å²) in [7, 11) is 0. The first-order valence-corrected chi connectivity index (χ1v) is 9.45. The number of nitrogens with one attached hydrogen (secondary N) is 1. The number of H-pyrrole nitrogens is 1. The molecule has 1 aliphatic rings. The molecule has 11 nitrogen and oxygen atoms in total. The quantitative estimate of drug-likeness (QED) is 0.209. The summed E-state index contributed by atoms with van der Waals surface area (Å²) in [6.45, 7) is -1.76. The molecule has 0 bridgehead atoms. The average Bonchev–Trinajstić information content (AvgIpc) is 2.87. The van der Waals surface area contributed by atoms with E-state index in [0.717, 1.165) is 0 Å². The highest BCUT2D eigenvalue weighted by Crippen LogP contribution is 2.50. The number of alkyl halides is 1. The van der Waals surface area contributed by atoms with Gasteiger partial charge in [-0.15, -0.1) is 5.06 Å². The summed E-state index contributed by atoms with van der Waals surface area (Å²) in [5.74, 6) is -7.41. The number of benzene rings is 1. The first-order valence-electron chi connectivity index (χ1n) is 8.66. The van der Waals surface area contributed by atoms with Gasteiger partial charge in [-0.25, -0.2) is 13.8 Å². The molecule has 1 aromatic carbocycles. The number of nitrogens with zero attached hydrogens (tertiary/aromatic N) is 2. The lowest BCUT2D eigenvalue weighted by Gasteiger charge is -2.43. The summed E-state index contributed by atoms with van der Waals surface area (Å²) in [6, 6.07) is 8.49. The standard InChI is InChI=1S/C17H19BrFN3O8/c18-11-8-21(14(25)20-13(11)24)17(28)16(27,15(19,26)12(9-23)30-17)22(29)7-6-10-4-2-1-3-5-10/h1-5,8,12,23,26-29H,6-7,9H2,(H,20,24,25)/t12-,15-,16-,17-/m1/s1. The van der Waals surface area contributed by atoms with Crippen LogP contribution >= 0.6 is 15.9 Å². The Morgan fingerprint density at radius 3 is 2.47 bits per heavy atom. The molecule has 4 atom stereocenters. The molecular weight excluding hydrogens is 473 g/mol. The van der Waals surface area contributed by atoms with E-state index < -0.39 is 48.0 Å². The molecule has 0 aliphatic carbocycles. The van der Waals surface area contributed by atoms with Crippen molar-refractivity contribution in [3.05, 3.63) is 67.4 Å². The van der Waals surface area contributed by atoms with Gasteiger partial charge < -0.3 is 30.4 Å². The Hall–Kier alpha value is -1.97. The van der Waals surface area contributed by atoms with Crippen molar-refractivity contribution < 1.29 is 34.8 Å². The van der Waals surface area contributed by atoms with Crippen LogP contribution in [0.25, 0.3) is 0 Å². The second-order valence-electron chi connectivity index (χ2n) is 6.71. The molecule has 0 spiro atoms. The van der Waals surface area contributed by atoms with E-state index in [1.807, 2.05) is 0 Å². The predicted molar refractivity (Wildman–Crippen MR) is 101 cm³/mol. The number of aliphatic hydroxyl groups is 4. The van der Waals surface area contributed by atoms with Gasteiger partial charge in [0.15, 0.2) is 0 Å². The molecule has 1 aliphatic heterocycles. The van der Waals surface area contributed by atoms with Crippen molar-refractivity contribution in [3.63, 3.8) is 0 Å². The maximum Gasteiger partial charge on any atom is 0.332 e. The second kappa shape index (κ2) is 7.94. The zero-order valence-corrected chi connectivity index (χ0v) is 16.9. The van der Waals surface area contributed by atoms with E-state index in [1.165, 1.54) is 0 Å². The van der Waals surface area contributed by atoms with Crippen LogP contribution in [0.5, 0.6) is 0 Å². The van der Waals surface area contributed by atoms with Gasteiger partial charge in [-0.2, -0.15) is 0 Å². The van der Waals surface area contributed by atoms with E-state index in [-0.39, 0.29) is 20.5 Å². The molecular formula is C17H19BrFN3O8. The van der Waals surface area contributed by atoms with E-state index in [2.05, 4.69) is 15.9 Å². The number of aliphatic hydroxyl groups excluding tert-OH is 1. The molecule has 164 valence electrons. The number of ether oxygens (including phenoxy) is 1. The van der Waals surface area contributed by atoms with Gasteiger partial charge in [0.2, 0.25) is 0 Å². The minimum Gasteiger partial charge on any atom is -0.393 e. The molecule has 1 aromatic heterocycles. The summed E-state index contributed by atoms with van der Waals surface area (Å²) >= 11 is 2.81.